The molecule has 208 valence electrons. The molecular weight excluding hydrogens is 559 g/mol. The van der Waals surface area contributed by atoms with E-state index in [0.717, 1.165) is 6.07 Å². The molecule has 1 heterocycles. The van der Waals surface area contributed by atoms with Crippen LogP contribution in [-0.2, 0) is 28.9 Å². The summed E-state index contributed by atoms with van der Waals surface area (Å²) in [6.07, 6.45) is -8.18. The van der Waals surface area contributed by atoms with Crippen LogP contribution in [0.3, 0.4) is 0 Å². The topological polar surface area (TPSA) is 84.1 Å². The van der Waals surface area contributed by atoms with Crippen molar-refractivity contribution in [2.45, 2.75) is 44.7 Å². The molecule has 14 heteroatoms. The van der Waals surface area contributed by atoms with Gasteiger partial charge in [-0.1, -0.05) is 17.7 Å². The number of halogens is 8. The lowest BCUT2D eigenvalue weighted by Crippen LogP contribution is -2.42. The van der Waals surface area contributed by atoms with E-state index in [1.165, 1.54) is 18.2 Å². The molecule has 2 aromatic carbocycles. The van der Waals surface area contributed by atoms with E-state index in [1.54, 1.807) is 0 Å². The predicted molar refractivity (Wildman–Crippen MR) is 125 cm³/mol. The molecule has 1 amide bonds. The summed E-state index contributed by atoms with van der Waals surface area (Å²) < 4.78 is 102. The van der Waals surface area contributed by atoms with E-state index in [2.05, 4.69) is 10.3 Å². The van der Waals surface area contributed by atoms with E-state index in [4.69, 9.17) is 16.3 Å². The van der Waals surface area contributed by atoms with Gasteiger partial charge >= 0.3 is 6.18 Å². The zero-order valence-corrected chi connectivity index (χ0v) is 20.5. The third-order valence-corrected chi connectivity index (χ3v) is 6.39. The minimum absolute atomic E-state index is 0.0617. The maximum absolute atomic E-state index is 15.3. The molecule has 1 aliphatic rings. The van der Waals surface area contributed by atoms with Crippen molar-refractivity contribution in [1.82, 2.24) is 15.3 Å². The van der Waals surface area contributed by atoms with E-state index in [-0.39, 0.29) is 36.7 Å². The van der Waals surface area contributed by atoms with Gasteiger partial charge < -0.3 is 15.0 Å². The highest BCUT2D eigenvalue weighted by Crippen LogP contribution is 2.39. The third-order valence-electron chi connectivity index (χ3n) is 6.15. The monoisotopic (exact) mass is 577 g/mol. The van der Waals surface area contributed by atoms with Crippen LogP contribution in [-0.4, -0.2) is 22.0 Å². The second-order valence-corrected chi connectivity index (χ2v) is 9.27. The summed E-state index contributed by atoms with van der Waals surface area (Å²) >= 11 is 5.84. The molecule has 0 radical (unpaired) electrons. The number of nitrogens with zero attached hydrogens (tertiary/aromatic N) is 1. The largest absolute Gasteiger partial charge is 0.417 e. The first-order valence-electron chi connectivity index (χ1n) is 11.4. The van der Waals surface area contributed by atoms with Crippen LogP contribution in [0.1, 0.15) is 41.7 Å². The summed E-state index contributed by atoms with van der Waals surface area (Å²) in [7, 11) is 0. The van der Waals surface area contributed by atoms with Crippen LogP contribution in [0.25, 0.3) is 11.4 Å². The summed E-state index contributed by atoms with van der Waals surface area (Å²) in [4.78, 5) is 29.4. The predicted octanol–water partition coefficient (Wildman–Crippen LogP) is 5.94. The Morgan fingerprint density at radius 2 is 1.85 bits per heavy atom. The molecule has 1 aromatic heterocycles. The van der Waals surface area contributed by atoms with E-state index in [9.17, 15) is 35.9 Å². The fourth-order valence-electron chi connectivity index (χ4n) is 4.03. The maximum atomic E-state index is 15.3. The van der Waals surface area contributed by atoms with Crippen LogP contribution in [0.2, 0.25) is 5.02 Å². The summed E-state index contributed by atoms with van der Waals surface area (Å²) in [6.45, 7) is -0.585. The van der Waals surface area contributed by atoms with Gasteiger partial charge in [0.1, 0.15) is 23.2 Å². The fourth-order valence-corrected chi connectivity index (χ4v) is 4.23. The second-order valence-electron chi connectivity index (χ2n) is 8.83. The molecule has 39 heavy (non-hydrogen) atoms. The van der Waals surface area contributed by atoms with Gasteiger partial charge in [0.2, 0.25) is 5.91 Å². The maximum Gasteiger partial charge on any atom is 0.417 e. The van der Waals surface area contributed by atoms with Gasteiger partial charge in [-0.3, -0.25) is 9.59 Å². The Morgan fingerprint density at radius 1 is 1.13 bits per heavy atom. The number of alkyl halides is 5. The molecule has 2 N–H and O–H groups in total. The summed E-state index contributed by atoms with van der Waals surface area (Å²) in [6, 6.07) is 5.71. The number of H-pyrrole nitrogens is 1. The molecule has 0 saturated heterocycles. The smallest absolute Gasteiger partial charge is 0.373 e. The Balaban J connectivity index is 1.44. The number of rotatable bonds is 8. The first kappa shape index (κ1) is 28.6. The van der Waals surface area contributed by atoms with Gasteiger partial charge in [-0.15, -0.1) is 0 Å². The number of nitrogens with one attached hydrogen (secondary N) is 2. The Kier molecular flexibility index (Phi) is 8.31. The first-order valence-corrected chi connectivity index (χ1v) is 11.8. The molecule has 0 aliphatic heterocycles. The molecule has 0 atom stereocenters. The zero-order chi connectivity index (χ0) is 28.5. The summed E-state index contributed by atoms with van der Waals surface area (Å²) in [5, 5.41) is 2.76. The van der Waals surface area contributed by atoms with E-state index in [1.807, 2.05) is 4.98 Å². The van der Waals surface area contributed by atoms with Crippen molar-refractivity contribution in [1.29, 1.82) is 0 Å². The summed E-state index contributed by atoms with van der Waals surface area (Å²) in [5.74, 6) is -4.05. The van der Waals surface area contributed by atoms with Gasteiger partial charge in [0.05, 0.1) is 23.8 Å². The number of carbonyl (C=O) groups excluding carboxylic acids is 1. The van der Waals surface area contributed by atoms with Crippen molar-refractivity contribution in [2.75, 3.05) is 0 Å². The van der Waals surface area contributed by atoms with Crippen molar-refractivity contribution in [2.24, 2.45) is 5.92 Å². The Morgan fingerprint density at radius 3 is 2.51 bits per heavy atom. The molecule has 1 aliphatic carbocycles. The van der Waals surface area contributed by atoms with E-state index >= 15 is 4.39 Å². The third kappa shape index (κ3) is 6.59. The van der Waals surface area contributed by atoms with Crippen LogP contribution in [0, 0.1) is 17.6 Å². The van der Waals surface area contributed by atoms with Gasteiger partial charge in [-0.2, -0.15) is 13.2 Å². The molecule has 0 spiro atoms. The molecule has 4 rings (SSSR count). The van der Waals surface area contributed by atoms with Crippen molar-refractivity contribution < 1.29 is 40.3 Å². The number of ether oxygens (including phenoxy) is 1. The average molecular weight is 578 g/mol. The lowest BCUT2D eigenvalue weighted by molar-refractivity contribution is -0.137. The fraction of sp³-hybridized carbons (Fsp3) is 0.320. The number of benzene rings is 2. The number of hydrogen-bond acceptors (Lipinski definition) is 4. The van der Waals surface area contributed by atoms with Crippen LogP contribution in [0.4, 0.5) is 30.7 Å². The molecule has 1 fully saturated rings. The lowest BCUT2D eigenvalue weighted by Gasteiger charge is -2.34. The van der Waals surface area contributed by atoms with Crippen LogP contribution >= 0.6 is 11.6 Å². The van der Waals surface area contributed by atoms with Gasteiger partial charge in [0.15, 0.2) is 0 Å². The van der Waals surface area contributed by atoms with Crippen LogP contribution < -0.4 is 10.9 Å². The van der Waals surface area contributed by atoms with Crippen molar-refractivity contribution in [3.63, 3.8) is 0 Å². The molecule has 6 nitrogen and oxygen atoms in total. The lowest BCUT2D eigenvalue weighted by atomic mass is 9.81. The van der Waals surface area contributed by atoms with Crippen LogP contribution in [0.5, 0.6) is 0 Å². The van der Waals surface area contributed by atoms with Gasteiger partial charge in [-0.05, 0) is 37.1 Å². The number of hydrogen-bond donors (Lipinski definition) is 2. The molecule has 3 aromatic rings. The van der Waals surface area contributed by atoms with E-state index < -0.39 is 70.8 Å². The second kappa shape index (κ2) is 11.3. The number of aromatic nitrogens is 2. The number of amides is 1. The van der Waals surface area contributed by atoms with Crippen molar-refractivity contribution >= 4 is 17.5 Å². The van der Waals surface area contributed by atoms with Crippen LogP contribution in [0.15, 0.2) is 41.2 Å². The minimum Gasteiger partial charge on any atom is -0.373 e. The highest BCUT2D eigenvalue weighted by Gasteiger charge is 2.38. The van der Waals surface area contributed by atoms with Crippen molar-refractivity contribution in [3.8, 4) is 11.4 Å². The molecule has 0 bridgehead atoms. The molecule has 0 unspecified atom stereocenters. The number of carbonyl (C=O) groups is 1. The first-order chi connectivity index (χ1) is 18.3. The standard InChI is InChI=1S/C25H19ClF7N3O3/c26-14-2-4-17(27)13(5-14)10-39-15-6-12(7-15)24(38)34-9-11-1-3-16(25(31,32)33)20(21(11)28)23-35-18(22(29)30)8-19(37)36-23/h1-5,8,12,15,22H,6-7,9-10H2,(H,34,38)(H,35,36,37). The Hall–Kier alpha value is -3.45. The van der Waals surface area contributed by atoms with Crippen molar-refractivity contribution in [3.05, 3.63) is 85.8 Å². The van der Waals surface area contributed by atoms with Gasteiger partial charge in [0, 0.05) is 34.7 Å². The Bertz CT molecular complexity index is 1440. The number of aromatic amines is 1. The zero-order valence-electron chi connectivity index (χ0n) is 19.7. The van der Waals surface area contributed by atoms with E-state index in [0.29, 0.717) is 17.2 Å². The quantitative estimate of drug-likeness (QED) is 0.325. The molecule has 1 saturated carbocycles. The average Bonchev–Trinajstić information content (AvgIpc) is 2.83. The minimum atomic E-state index is -5.10. The normalized spacial score (nSPS) is 17.3. The summed E-state index contributed by atoms with van der Waals surface area (Å²) in [5.41, 5.74) is -5.22. The molecular formula is C25H19ClF7N3O3. The Labute approximate surface area is 221 Å². The highest BCUT2D eigenvalue weighted by molar-refractivity contribution is 6.30. The highest BCUT2D eigenvalue weighted by atomic mass is 35.5. The van der Waals surface area contributed by atoms with Gasteiger partial charge in [0.25, 0.3) is 12.0 Å². The SMILES string of the molecule is O=C(NCc1ccc(C(F)(F)F)c(-c2nc(C(F)F)cc(=O)[nH]2)c1F)C1CC(OCc2cc(Cl)ccc2F)C1. The van der Waals surface area contributed by atoms with Gasteiger partial charge in [-0.25, -0.2) is 22.5 Å².